The van der Waals surface area contributed by atoms with Gasteiger partial charge in [-0.05, 0) is 56.4 Å². The largest absolute Gasteiger partial charge is 0.490 e. The van der Waals surface area contributed by atoms with Crippen molar-refractivity contribution in [1.29, 1.82) is 0 Å². The maximum Gasteiger partial charge on any atom is 0.159 e. The summed E-state index contributed by atoms with van der Waals surface area (Å²) in [7, 11) is 0. The summed E-state index contributed by atoms with van der Waals surface area (Å²) in [6, 6.07) is 7.87. The van der Waals surface area contributed by atoms with Gasteiger partial charge >= 0.3 is 0 Å². The molecule has 1 aromatic carbocycles. The van der Waals surface area contributed by atoms with Gasteiger partial charge in [0.05, 0.1) is 19.0 Å². The predicted octanol–water partition coefficient (Wildman–Crippen LogP) is 6.63. The van der Waals surface area contributed by atoms with Crippen LogP contribution < -0.4 is 9.47 Å². The molecule has 0 saturated heterocycles. The molecule has 0 fully saturated rings. The van der Waals surface area contributed by atoms with Crippen molar-refractivity contribution >= 4 is 0 Å². The zero-order valence-corrected chi connectivity index (χ0v) is 19.2. The monoisotopic (exact) mass is 426 g/mol. The van der Waals surface area contributed by atoms with Crippen LogP contribution in [0.3, 0.4) is 0 Å². The number of ether oxygens (including phenoxy) is 3. The van der Waals surface area contributed by atoms with Crippen molar-refractivity contribution in [2.75, 3.05) is 26.4 Å². The van der Waals surface area contributed by atoms with E-state index in [1.165, 1.54) is 25.7 Å². The minimum atomic E-state index is 0.596. The van der Waals surface area contributed by atoms with E-state index in [1.807, 2.05) is 24.3 Å². The Balaban J connectivity index is 1.66. The molecule has 5 nitrogen and oxygen atoms in total. The van der Waals surface area contributed by atoms with Gasteiger partial charge in [0.2, 0.25) is 0 Å². The van der Waals surface area contributed by atoms with Crippen molar-refractivity contribution in [3.63, 3.8) is 0 Å². The van der Waals surface area contributed by atoms with Gasteiger partial charge in [0.15, 0.2) is 11.6 Å². The summed E-state index contributed by atoms with van der Waals surface area (Å²) in [4.78, 5) is 8.85. The standard InChI is InChI=1S/C26H38N2O3/c1-3-5-7-8-9-10-19-30-24-15-13-23(14-16-24)26-27-21-25(22-28-26)31-20-12-11-18-29-17-6-4-2/h9-10,13-16,21-22H,3-8,11-12,17-20H2,1-2H3. The van der Waals surface area contributed by atoms with Crippen LogP contribution in [0.15, 0.2) is 48.8 Å². The van der Waals surface area contributed by atoms with Gasteiger partial charge in [-0.3, -0.25) is 0 Å². The average Bonchev–Trinajstić information content (AvgIpc) is 2.81. The molecule has 0 spiro atoms. The van der Waals surface area contributed by atoms with Crippen LogP contribution in [0.2, 0.25) is 0 Å². The molecule has 170 valence electrons. The van der Waals surface area contributed by atoms with Gasteiger partial charge in [0, 0.05) is 18.8 Å². The Hall–Kier alpha value is -2.40. The third kappa shape index (κ3) is 11.0. The quantitative estimate of drug-likeness (QED) is 0.210. The van der Waals surface area contributed by atoms with E-state index in [4.69, 9.17) is 14.2 Å². The first-order chi connectivity index (χ1) is 15.3. The van der Waals surface area contributed by atoms with Gasteiger partial charge in [-0.2, -0.15) is 0 Å². The highest BCUT2D eigenvalue weighted by Crippen LogP contribution is 2.20. The summed E-state index contributed by atoms with van der Waals surface area (Å²) in [6.07, 6.45) is 16.9. The highest BCUT2D eigenvalue weighted by Gasteiger charge is 2.03. The van der Waals surface area contributed by atoms with Crippen LogP contribution >= 0.6 is 0 Å². The van der Waals surface area contributed by atoms with Crippen molar-refractivity contribution in [1.82, 2.24) is 9.97 Å². The summed E-state index contributed by atoms with van der Waals surface area (Å²) in [6.45, 7) is 7.29. The number of rotatable bonds is 17. The first-order valence-corrected chi connectivity index (χ1v) is 11.7. The smallest absolute Gasteiger partial charge is 0.159 e. The number of benzene rings is 1. The van der Waals surface area contributed by atoms with Gasteiger partial charge in [-0.15, -0.1) is 0 Å². The fourth-order valence-corrected chi connectivity index (χ4v) is 2.93. The van der Waals surface area contributed by atoms with E-state index in [0.29, 0.717) is 24.8 Å². The summed E-state index contributed by atoms with van der Waals surface area (Å²) in [5, 5.41) is 0. The van der Waals surface area contributed by atoms with E-state index in [2.05, 4.69) is 36.0 Å². The summed E-state index contributed by atoms with van der Waals surface area (Å²) in [5.74, 6) is 2.22. The lowest BCUT2D eigenvalue weighted by atomic mass is 10.2. The lowest BCUT2D eigenvalue weighted by Crippen LogP contribution is -2.02. The van der Waals surface area contributed by atoms with Gasteiger partial charge in [-0.25, -0.2) is 9.97 Å². The van der Waals surface area contributed by atoms with Gasteiger partial charge < -0.3 is 14.2 Å². The molecule has 0 amide bonds. The molecule has 0 saturated carbocycles. The number of allylic oxidation sites excluding steroid dienone is 1. The molecule has 2 aromatic rings. The highest BCUT2D eigenvalue weighted by atomic mass is 16.5. The molecule has 0 radical (unpaired) electrons. The second-order valence-corrected chi connectivity index (χ2v) is 7.57. The van der Waals surface area contributed by atoms with Crippen molar-refractivity contribution in [2.24, 2.45) is 0 Å². The zero-order chi connectivity index (χ0) is 22.0. The van der Waals surface area contributed by atoms with E-state index in [0.717, 1.165) is 50.2 Å². The molecular formula is C26H38N2O3. The molecular weight excluding hydrogens is 388 g/mol. The predicted molar refractivity (Wildman–Crippen MR) is 127 cm³/mol. The lowest BCUT2D eigenvalue weighted by Gasteiger charge is -2.07. The Kier molecular flexibility index (Phi) is 13.1. The van der Waals surface area contributed by atoms with Crippen LogP contribution in [0.25, 0.3) is 11.4 Å². The Morgan fingerprint density at radius 2 is 1.42 bits per heavy atom. The molecule has 1 heterocycles. The van der Waals surface area contributed by atoms with Crippen molar-refractivity contribution in [3.05, 3.63) is 48.8 Å². The number of hydrogen-bond acceptors (Lipinski definition) is 5. The fraction of sp³-hybridized carbons (Fsp3) is 0.538. The molecule has 0 aliphatic heterocycles. The van der Waals surface area contributed by atoms with Crippen LogP contribution in [0.4, 0.5) is 0 Å². The van der Waals surface area contributed by atoms with Gasteiger partial charge in [0.1, 0.15) is 12.4 Å². The van der Waals surface area contributed by atoms with Crippen molar-refractivity contribution < 1.29 is 14.2 Å². The minimum Gasteiger partial charge on any atom is -0.490 e. The Morgan fingerprint density at radius 1 is 0.710 bits per heavy atom. The maximum absolute atomic E-state index is 5.76. The maximum atomic E-state index is 5.76. The van der Waals surface area contributed by atoms with E-state index in [9.17, 15) is 0 Å². The molecule has 1 aromatic heterocycles. The van der Waals surface area contributed by atoms with Crippen LogP contribution in [0, 0.1) is 0 Å². The summed E-state index contributed by atoms with van der Waals surface area (Å²) in [5.41, 5.74) is 0.957. The van der Waals surface area contributed by atoms with Crippen LogP contribution in [0.1, 0.15) is 65.2 Å². The second-order valence-electron chi connectivity index (χ2n) is 7.57. The minimum absolute atomic E-state index is 0.596. The third-order valence-corrected chi connectivity index (χ3v) is 4.82. The van der Waals surface area contributed by atoms with Crippen LogP contribution in [0.5, 0.6) is 11.5 Å². The number of unbranched alkanes of at least 4 members (excludes halogenated alkanes) is 5. The van der Waals surface area contributed by atoms with Crippen LogP contribution in [-0.2, 0) is 4.74 Å². The molecule has 0 atom stereocenters. The van der Waals surface area contributed by atoms with Crippen molar-refractivity contribution in [3.8, 4) is 22.9 Å². The molecule has 0 aliphatic carbocycles. The molecule has 5 heteroatoms. The molecule has 2 rings (SSSR count). The summed E-state index contributed by atoms with van der Waals surface area (Å²) < 4.78 is 17.0. The third-order valence-electron chi connectivity index (χ3n) is 4.82. The zero-order valence-electron chi connectivity index (χ0n) is 19.2. The van der Waals surface area contributed by atoms with Crippen molar-refractivity contribution in [2.45, 2.75) is 65.2 Å². The Bertz CT molecular complexity index is 714. The number of nitrogens with zero attached hydrogens (tertiary/aromatic N) is 2. The lowest BCUT2D eigenvalue weighted by molar-refractivity contribution is 0.123. The molecule has 0 unspecified atom stereocenters. The first kappa shape index (κ1) is 24.9. The topological polar surface area (TPSA) is 53.5 Å². The molecule has 31 heavy (non-hydrogen) atoms. The first-order valence-electron chi connectivity index (χ1n) is 11.7. The normalized spacial score (nSPS) is 11.2. The van der Waals surface area contributed by atoms with E-state index in [-0.39, 0.29) is 0 Å². The Labute approximate surface area is 187 Å². The number of aromatic nitrogens is 2. The van der Waals surface area contributed by atoms with Gasteiger partial charge in [0.25, 0.3) is 0 Å². The molecule has 0 bridgehead atoms. The fourth-order valence-electron chi connectivity index (χ4n) is 2.93. The average molecular weight is 427 g/mol. The molecule has 0 N–H and O–H groups in total. The van der Waals surface area contributed by atoms with E-state index >= 15 is 0 Å². The molecule has 0 aliphatic rings. The van der Waals surface area contributed by atoms with Gasteiger partial charge in [-0.1, -0.05) is 45.3 Å². The van der Waals surface area contributed by atoms with E-state index in [1.54, 1.807) is 12.4 Å². The van der Waals surface area contributed by atoms with E-state index < -0.39 is 0 Å². The highest BCUT2D eigenvalue weighted by molar-refractivity contribution is 5.56. The SMILES string of the molecule is CCCCCC=CCOc1ccc(-c2ncc(OCCCCOCCCC)cn2)cc1. The summed E-state index contributed by atoms with van der Waals surface area (Å²) >= 11 is 0. The van der Waals surface area contributed by atoms with Crippen LogP contribution in [-0.4, -0.2) is 36.4 Å². The number of hydrogen-bond donors (Lipinski definition) is 0. The second kappa shape index (κ2) is 16.3. The Morgan fingerprint density at radius 3 is 2.16 bits per heavy atom.